The molecule has 0 aliphatic carbocycles. The van der Waals surface area contributed by atoms with Crippen LogP contribution in [0.4, 0.5) is 0 Å². The van der Waals surface area contributed by atoms with Gasteiger partial charge in [-0.3, -0.25) is 15.4 Å². The Hall–Kier alpha value is -0.910. The van der Waals surface area contributed by atoms with Gasteiger partial charge in [-0.25, -0.2) is 5.43 Å². The molecule has 0 aliphatic heterocycles. The normalized spacial score (nSPS) is 14.1. The maximum absolute atomic E-state index is 5.90. The summed E-state index contributed by atoms with van der Waals surface area (Å²) in [6.07, 6.45) is 3.93. The number of likely N-dealkylation sites (N-methyl/N-ethyl adjacent to an activating group) is 1. The molecule has 5 nitrogen and oxygen atoms in total. The highest BCUT2D eigenvalue weighted by atomic mass is 15.3. The van der Waals surface area contributed by atoms with Crippen molar-refractivity contribution in [3.8, 4) is 0 Å². The minimum absolute atomic E-state index is 0.0199. The molecule has 1 unspecified atom stereocenters. The van der Waals surface area contributed by atoms with E-state index in [1.165, 1.54) is 0 Å². The molecule has 0 radical (unpaired) electrons. The third kappa shape index (κ3) is 2.83. The molecular weight excluding hydrogens is 238 g/mol. The highest BCUT2D eigenvalue weighted by Gasteiger charge is 2.41. The Kier molecular flexibility index (Phi) is 5.97. The van der Waals surface area contributed by atoms with Crippen molar-refractivity contribution in [2.45, 2.75) is 52.1 Å². The lowest BCUT2D eigenvalue weighted by Gasteiger charge is -2.47. The lowest BCUT2D eigenvalue weighted by Crippen LogP contribution is -2.57. The Labute approximate surface area is 117 Å². The first-order valence-electron chi connectivity index (χ1n) is 7.30. The summed E-state index contributed by atoms with van der Waals surface area (Å²) in [5.41, 5.74) is 4.19. The van der Waals surface area contributed by atoms with Gasteiger partial charge in [0.05, 0.1) is 11.7 Å². The fourth-order valence-electron chi connectivity index (χ4n) is 3.32. The Morgan fingerprint density at radius 1 is 1.32 bits per heavy atom. The molecule has 3 N–H and O–H groups in total. The van der Waals surface area contributed by atoms with Gasteiger partial charge in [0.15, 0.2) is 0 Å². The number of nitrogens with zero attached hydrogens (tertiary/aromatic N) is 3. The number of aryl methyl sites for hydroxylation is 1. The monoisotopic (exact) mass is 267 g/mol. The zero-order chi connectivity index (χ0) is 14.5. The summed E-state index contributed by atoms with van der Waals surface area (Å²) in [6, 6.07) is 2.13. The van der Waals surface area contributed by atoms with E-state index < -0.39 is 0 Å². The molecule has 1 atom stereocenters. The van der Waals surface area contributed by atoms with E-state index in [-0.39, 0.29) is 11.6 Å². The first-order chi connectivity index (χ1) is 9.11. The number of nitrogens with one attached hydrogen (secondary N) is 1. The molecule has 1 heterocycles. The van der Waals surface area contributed by atoms with Crippen LogP contribution in [0.3, 0.4) is 0 Å². The van der Waals surface area contributed by atoms with Crippen LogP contribution in [0.25, 0.3) is 0 Å². The number of rotatable bonds is 8. The second-order valence-electron chi connectivity index (χ2n) is 4.96. The highest BCUT2D eigenvalue weighted by Crippen LogP contribution is 2.36. The van der Waals surface area contributed by atoms with Gasteiger partial charge in [0, 0.05) is 18.8 Å². The molecule has 0 spiro atoms. The number of hydrogen-bond donors (Lipinski definition) is 2. The number of hydrogen-bond acceptors (Lipinski definition) is 4. The standard InChI is InChI=1S/C14H29N5/c1-6-14(7-2,19(8-3)9-4)13(17-15)12-10-11-16-18(12)5/h10-11,13,17H,6-9,15H2,1-5H3. The largest absolute Gasteiger partial charge is 0.296 e. The van der Waals surface area contributed by atoms with E-state index in [1.54, 1.807) is 0 Å². The molecule has 0 amide bonds. The fraction of sp³-hybridized carbons (Fsp3) is 0.786. The molecule has 1 rings (SSSR count). The van der Waals surface area contributed by atoms with Crippen molar-refractivity contribution in [2.75, 3.05) is 13.1 Å². The van der Waals surface area contributed by atoms with Gasteiger partial charge in [-0.05, 0) is 32.0 Å². The zero-order valence-corrected chi connectivity index (χ0v) is 13.0. The first-order valence-corrected chi connectivity index (χ1v) is 7.30. The topological polar surface area (TPSA) is 59.1 Å². The zero-order valence-electron chi connectivity index (χ0n) is 13.0. The van der Waals surface area contributed by atoms with Gasteiger partial charge in [0.25, 0.3) is 0 Å². The minimum Gasteiger partial charge on any atom is -0.296 e. The van der Waals surface area contributed by atoms with E-state index in [1.807, 2.05) is 24.0 Å². The SMILES string of the molecule is CCN(CC)C(CC)(CC)C(NN)c1ccnn1C. The molecule has 0 saturated heterocycles. The summed E-state index contributed by atoms with van der Waals surface area (Å²) in [5.74, 6) is 5.90. The predicted octanol–water partition coefficient (Wildman–Crippen LogP) is 1.83. The Balaban J connectivity index is 3.25. The third-order valence-electron chi connectivity index (χ3n) is 4.48. The molecule has 0 aliphatic rings. The van der Waals surface area contributed by atoms with Crippen molar-refractivity contribution >= 4 is 0 Å². The lowest BCUT2D eigenvalue weighted by molar-refractivity contribution is 0.0459. The summed E-state index contributed by atoms with van der Waals surface area (Å²) in [5, 5.41) is 4.28. The van der Waals surface area contributed by atoms with E-state index in [4.69, 9.17) is 5.84 Å². The van der Waals surface area contributed by atoms with E-state index in [0.29, 0.717) is 0 Å². The molecule has 5 heteroatoms. The van der Waals surface area contributed by atoms with Crippen molar-refractivity contribution in [2.24, 2.45) is 12.9 Å². The van der Waals surface area contributed by atoms with Gasteiger partial charge in [-0.15, -0.1) is 0 Å². The van der Waals surface area contributed by atoms with Crippen LogP contribution < -0.4 is 11.3 Å². The predicted molar refractivity (Wildman–Crippen MR) is 79.5 cm³/mol. The molecule has 0 saturated carbocycles. The van der Waals surface area contributed by atoms with Crippen LogP contribution in [-0.4, -0.2) is 33.3 Å². The van der Waals surface area contributed by atoms with Crippen LogP contribution in [0.2, 0.25) is 0 Å². The second kappa shape index (κ2) is 7.03. The maximum Gasteiger partial charge on any atom is 0.0812 e. The Bertz CT molecular complexity index is 366. The minimum atomic E-state index is 0.0199. The quantitative estimate of drug-likeness (QED) is 0.557. The molecule has 19 heavy (non-hydrogen) atoms. The number of aromatic nitrogens is 2. The summed E-state index contributed by atoms with van der Waals surface area (Å²) >= 11 is 0. The molecule has 0 fully saturated rings. The van der Waals surface area contributed by atoms with Gasteiger partial charge in [0.2, 0.25) is 0 Å². The van der Waals surface area contributed by atoms with Crippen molar-refractivity contribution in [3.05, 3.63) is 18.0 Å². The van der Waals surface area contributed by atoms with Crippen molar-refractivity contribution in [1.29, 1.82) is 0 Å². The third-order valence-corrected chi connectivity index (χ3v) is 4.48. The van der Waals surface area contributed by atoms with Gasteiger partial charge in [-0.1, -0.05) is 27.7 Å². The highest BCUT2D eigenvalue weighted by molar-refractivity contribution is 5.15. The van der Waals surface area contributed by atoms with Gasteiger partial charge in [0.1, 0.15) is 0 Å². The van der Waals surface area contributed by atoms with E-state index >= 15 is 0 Å². The van der Waals surface area contributed by atoms with E-state index in [2.05, 4.69) is 43.1 Å². The van der Waals surface area contributed by atoms with Crippen molar-refractivity contribution in [3.63, 3.8) is 0 Å². The van der Waals surface area contributed by atoms with Gasteiger partial charge < -0.3 is 0 Å². The van der Waals surface area contributed by atoms with Crippen LogP contribution in [0.15, 0.2) is 12.3 Å². The average Bonchev–Trinajstić information content (AvgIpc) is 2.85. The summed E-state index contributed by atoms with van der Waals surface area (Å²) in [4.78, 5) is 2.50. The first kappa shape index (κ1) is 16.1. The van der Waals surface area contributed by atoms with E-state index in [0.717, 1.165) is 31.6 Å². The number of nitrogens with two attached hydrogens (primary N) is 1. The van der Waals surface area contributed by atoms with Crippen LogP contribution in [-0.2, 0) is 7.05 Å². The van der Waals surface area contributed by atoms with Crippen LogP contribution in [0, 0.1) is 0 Å². The van der Waals surface area contributed by atoms with Gasteiger partial charge >= 0.3 is 0 Å². The molecule has 0 bridgehead atoms. The summed E-state index contributed by atoms with van der Waals surface area (Å²) in [6.45, 7) is 10.9. The molecular formula is C14H29N5. The van der Waals surface area contributed by atoms with Crippen LogP contribution >= 0.6 is 0 Å². The van der Waals surface area contributed by atoms with Gasteiger partial charge in [-0.2, -0.15) is 5.10 Å². The summed E-state index contributed by atoms with van der Waals surface area (Å²) < 4.78 is 1.91. The molecule has 110 valence electrons. The second-order valence-corrected chi connectivity index (χ2v) is 4.96. The Morgan fingerprint density at radius 3 is 2.21 bits per heavy atom. The van der Waals surface area contributed by atoms with Crippen molar-refractivity contribution < 1.29 is 0 Å². The van der Waals surface area contributed by atoms with Crippen LogP contribution in [0.5, 0.6) is 0 Å². The smallest absolute Gasteiger partial charge is 0.0812 e. The molecule has 1 aromatic heterocycles. The Morgan fingerprint density at radius 2 is 1.89 bits per heavy atom. The maximum atomic E-state index is 5.90. The number of hydrazine groups is 1. The molecule has 0 aromatic carbocycles. The fourth-order valence-corrected chi connectivity index (χ4v) is 3.32. The molecule has 1 aromatic rings. The summed E-state index contributed by atoms with van der Waals surface area (Å²) in [7, 11) is 1.97. The van der Waals surface area contributed by atoms with Crippen LogP contribution in [0.1, 0.15) is 52.3 Å². The lowest BCUT2D eigenvalue weighted by atomic mass is 9.81. The van der Waals surface area contributed by atoms with Crippen molar-refractivity contribution in [1.82, 2.24) is 20.1 Å². The average molecular weight is 267 g/mol. The van der Waals surface area contributed by atoms with E-state index in [9.17, 15) is 0 Å².